The maximum atomic E-state index is 13.3. The molecule has 0 radical (unpaired) electrons. The van der Waals surface area contributed by atoms with Gasteiger partial charge in [0, 0.05) is 0 Å². The second-order valence-electron chi connectivity index (χ2n) is 2.88. The van der Waals surface area contributed by atoms with Gasteiger partial charge in [0.05, 0.1) is 6.33 Å². The molecule has 0 aliphatic rings. The van der Waals surface area contributed by atoms with Gasteiger partial charge < -0.3 is 9.72 Å². The predicted molar refractivity (Wildman–Crippen MR) is 64.0 cm³/mol. The molecule has 1 aromatic carbocycles. The normalized spacial score (nSPS) is 10.1. The molecule has 0 spiro atoms. The van der Waals surface area contributed by atoms with Gasteiger partial charge in [0.2, 0.25) is 5.88 Å². The number of nitrogens with zero attached hydrogens (tertiary/aromatic N) is 1. The van der Waals surface area contributed by atoms with E-state index in [4.69, 9.17) is 4.74 Å². The van der Waals surface area contributed by atoms with Gasteiger partial charge >= 0.3 is 0 Å². The van der Waals surface area contributed by atoms with E-state index in [1.165, 1.54) is 18.5 Å². The molecular formula is C10H6FIN2O2. The summed E-state index contributed by atoms with van der Waals surface area (Å²) in [5.74, 6) is -0.367. The van der Waals surface area contributed by atoms with Crippen molar-refractivity contribution < 1.29 is 9.13 Å². The fourth-order valence-corrected chi connectivity index (χ4v) is 1.47. The van der Waals surface area contributed by atoms with Gasteiger partial charge in [-0.05, 0) is 34.7 Å². The number of hydrogen-bond acceptors (Lipinski definition) is 3. The summed E-state index contributed by atoms with van der Waals surface area (Å²) < 4.78 is 18.8. The molecule has 0 amide bonds. The summed E-state index contributed by atoms with van der Waals surface area (Å²) in [5, 5.41) is 0. The van der Waals surface area contributed by atoms with Crippen LogP contribution in [0.4, 0.5) is 4.39 Å². The maximum Gasteiger partial charge on any atom is 0.268 e. The molecule has 2 aromatic rings. The van der Waals surface area contributed by atoms with Crippen molar-refractivity contribution in [3.05, 3.63) is 50.3 Å². The number of rotatable bonds is 2. The lowest BCUT2D eigenvalue weighted by Crippen LogP contribution is -2.11. The first kappa shape index (κ1) is 11.1. The molecule has 0 fully saturated rings. The summed E-state index contributed by atoms with van der Waals surface area (Å²) in [6, 6.07) is 5.93. The lowest BCUT2D eigenvalue weighted by Gasteiger charge is -2.05. The molecule has 2 rings (SSSR count). The van der Waals surface area contributed by atoms with E-state index in [0.717, 1.165) is 0 Å². The largest absolute Gasteiger partial charge is 0.435 e. The molecule has 1 heterocycles. The highest BCUT2D eigenvalue weighted by atomic mass is 127. The van der Waals surface area contributed by atoms with Crippen molar-refractivity contribution in [1.82, 2.24) is 9.97 Å². The highest BCUT2D eigenvalue weighted by Gasteiger charge is 2.09. The Balaban J connectivity index is 2.38. The molecule has 4 nitrogen and oxygen atoms in total. The van der Waals surface area contributed by atoms with Crippen molar-refractivity contribution in [2.75, 3.05) is 0 Å². The van der Waals surface area contributed by atoms with Crippen molar-refractivity contribution in [2.45, 2.75) is 0 Å². The van der Waals surface area contributed by atoms with Gasteiger partial charge in [0.15, 0.2) is 11.6 Å². The molecule has 0 bridgehead atoms. The second kappa shape index (κ2) is 4.60. The molecule has 1 aromatic heterocycles. The molecular weight excluding hydrogens is 326 g/mol. The first-order chi connectivity index (χ1) is 7.68. The van der Waals surface area contributed by atoms with Crippen LogP contribution in [0.25, 0.3) is 0 Å². The van der Waals surface area contributed by atoms with Crippen LogP contribution >= 0.6 is 22.6 Å². The van der Waals surface area contributed by atoms with Gasteiger partial charge in [-0.1, -0.05) is 12.1 Å². The van der Waals surface area contributed by atoms with Crippen molar-refractivity contribution in [3.63, 3.8) is 0 Å². The topological polar surface area (TPSA) is 55.0 Å². The zero-order valence-corrected chi connectivity index (χ0v) is 10.1. The Labute approximate surface area is 104 Å². The zero-order valence-electron chi connectivity index (χ0n) is 7.91. The molecule has 0 atom stereocenters. The summed E-state index contributed by atoms with van der Waals surface area (Å²) in [6.45, 7) is 0. The summed E-state index contributed by atoms with van der Waals surface area (Å²) in [5.41, 5.74) is -0.318. The van der Waals surface area contributed by atoms with E-state index in [-0.39, 0.29) is 20.8 Å². The zero-order chi connectivity index (χ0) is 11.5. The highest BCUT2D eigenvalue weighted by molar-refractivity contribution is 14.1. The summed E-state index contributed by atoms with van der Waals surface area (Å²) >= 11 is 1.79. The van der Waals surface area contributed by atoms with Gasteiger partial charge in [-0.15, -0.1) is 0 Å². The molecule has 0 unspecified atom stereocenters. The van der Waals surface area contributed by atoms with E-state index >= 15 is 0 Å². The van der Waals surface area contributed by atoms with Gasteiger partial charge in [0.25, 0.3) is 5.56 Å². The fourth-order valence-electron chi connectivity index (χ4n) is 1.07. The molecule has 6 heteroatoms. The minimum Gasteiger partial charge on any atom is -0.435 e. The van der Waals surface area contributed by atoms with Gasteiger partial charge in [-0.3, -0.25) is 4.79 Å². The van der Waals surface area contributed by atoms with Crippen LogP contribution in [-0.2, 0) is 0 Å². The third kappa shape index (κ3) is 2.21. The van der Waals surface area contributed by atoms with E-state index in [9.17, 15) is 9.18 Å². The van der Waals surface area contributed by atoms with Crippen LogP contribution in [0.3, 0.4) is 0 Å². The number of nitrogens with one attached hydrogen (secondary N) is 1. The van der Waals surface area contributed by atoms with Crippen LogP contribution in [0, 0.1) is 9.39 Å². The number of H-pyrrole nitrogens is 1. The average molecular weight is 332 g/mol. The number of aromatic nitrogens is 2. The Morgan fingerprint density at radius 1 is 1.38 bits per heavy atom. The first-order valence-corrected chi connectivity index (χ1v) is 5.42. The van der Waals surface area contributed by atoms with Crippen molar-refractivity contribution in [1.29, 1.82) is 0 Å². The second-order valence-corrected chi connectivity index (χ2v) is 3.96. The lowest BCUT2D eigenvalue weighted by molar-refractivity contribution is 0.422. The number of aromatic amines is 1. The molecule has 0 saturated carbocycles. The third-order valence-electron chi connectivity index (χ3n) is 1.81. The van der Waals surface area contributed by atoms with Crippen LogP contribution < -0.4 is 10.3 Å². The molecule has 0 aliphatic heterocycles. The van der Waals surface area contributed by atoms with Crippen LogP contribution in [0.5, 0.6) is 11.6 Å². The van der Waals surface area contributed by atoms with Gasteiger partial charge in [-0.25, -0.2) is 9.37 Å². The molecule has 0 aliphatic carbocycles. The Morgan fingerprint density at radius 2 is 2.12 bits per heavy atom. The smallest absolute Gasteiger partial charge is 0.268 e. The predicted octanol–water partition coefficient (Wildman–Crippen LogP) is 2.31. The van der Waals surface area contributed by atoms with E-state index < -0.39 is 5.82 Å². The van der Waals surface area contributed by atoms with Gasteiger partial charge in [-0.2, -0.15) is 0 Å². The van der Waals surface area contributed by atoms with Crippen molar-refractivity contribution in [2.24, 2.45) is 0 Å². The number of para-hydroxylation sites is 1. The molecule has 82 valence electrons. The standard InChI is InChI=1S/C10H6FIN2O2/c11-6-3-1-2-4-7(6)16-10-8(12)9(15)13-5-14-10/h1-5H,(H,13,14,15). The number of ether oxygens (including phenoxy) is 1. The summed E-state index contributed by atoms with van der Waals surface area (Å²) in [4.78, 5) is 17.5. The maximum absolute atomic E-state index is 13.3. The van der Waals surface area contributed by atoms with Crippen molar-refractivity contribution >= 4 is 22.6 Å². The number of halogens is 2. The van der Waals surface area contributed by atoms with E-state index in [1.807, 2.05) is 0 Å². The average Bonchev–Trinajstić information content (AvgIpc) is 2.28. The Kier molecular flexibility index (Phi) is 3.18. The van der Waals surface area contributed by atoms with Crippen LogP contribution in [0.2, 0.25) is 0 Å². The SMILES string of the molecule is O=c1[nH]cnc(Oc2ccccc2F)c1I. The minimum atomic E-state index is -0.500. The lowest BCUT2D eigenvalue weighted by atomic mass is 10.3. The van der Waals surface area contributed by atoms with Crippen LogP contribution in [0.15, 0.2) is 35.4 Å². The van der Waals surface area contributed by atoms with Gasteiger partial charge in [0.1, 0.15) is 3.57 Å². The number of hydrogen-bond donors (Lipinski definition) is 1. The molecule has 1 N–H and O–H groups in total. The summed E-state index contributed by atoms with van der Waals surface area (Å²) in [6.07, 6.45) is 1.21. The van der Waals surface area contributed by atoms with E-state index in [0.29, 0.717) is 0 Å². The van der Waals surface area contributed by atoms with Crippen molar-refractivity contribution in [3.8, 4) is 11.6 Å². The molecule has 16 heavy (non-hydrogen) atoms. The van der Waals surface area contributed by atoms with E-state index in [2.05, 4.69) is 9.97 Å². The Bertz CT molecular complexity index is 571. The third-order valence-corrected chi connectivity index (χ3v) is 2.76. The quantitative estimate of drug-likeness (QED) is 0.859. The Morgan fingerprint density at radius 3 is 2.88 bits per heavy atom. The summed E-state index contributed by atoms with van der Waals surface area (Å²) in [7, 11) is 0. The fraction of sp³-hybridized carbons (Fsp3) is 0. The highest BCUT2D eigenvalue weighted by Crippen LogP contribution is 2.23. The molecule has 0 saturated heterocycles. The van der Waals surface area contributed by atoms with Crippen LogP contribution in [-0.4, -0.2) is 9.97 Å². The number of benzene rings is 1. The first-order valence-electron chi connectivity index (χ1n) is 4.34. The monoisotopic (exact) mass is 332 g/mol. The van der Waals surface area contributed by atoms with E-state index in [1.54, 1.807) is 34.7 Å². The Hall–Kier alpha value is -1.44. The van der Waals surface area contributed by atoms with Crippen LogP contribution in [0.1, 0.15) is 0 Å². The minimum absolute atomic E-state index is 0.0403.